The first kappa shape index (κ1) is 26.3. The molecule has 192 valence electrons. The number of carbonyl (C=O) groups is 3. The summed E-state index contributed by atoms with van der Waals surface area (Å²) in [5.74, 6) is -0.994. The fourth-order valence-corrected chi connectivity index (χ4v) is 5.15. The number of imide groups is 1. The summed E-state index contributed by atoms with van der Waals surface area (Å²) in [6.45, 7) is -0.0278. The predicted molar refractivity (Wildman–Crippen MR) is 133 cm³/mol. The summed E-state index contributed by atoms with van der Waals surface area (Å²) in [6, 6.07) is 17.2. The lowest BCUT2D eigenvalue weighted by atomic mass is 10.1. The number of hydrogen-bond acceptors (Lipinski definition) is 7. The number of nitrogens with zero attached hydrogens (tertiary/aromatic N) is 1. The van der Waals surface area contributed by atoms with Gasteiger partial charge < -0.3 is 4.74 Å². The van der Waals surface area contributed by atoms with Crippen LogP contribution in [0.25, 0.3) is 0 Å². The van der Waals surface area contributed by atoms with Gasteiger partial charge in [0.05, 0.1) is 16.0 Å². The number of nitrogens with one attached hydrogen (secondary N) is 2. The van der Waals surface area contributed by atoms with Gasteiger partial charge in [-0.25, -0.2) is 13.9 Å². The molecule has 1 heterocycles. The van der Waals surface area contributed by atoms with Gasteiger partial charge in [0, 0.05) is 11.6 Å². The lowest BCUT2D eigenvalue weighted by molar-refractivity contribution is -0.131. The third-order valence-corrected chi connectivity index (χ3v) is 7.40. The molecular weight excluding hydrogens is 522 g/mol. The van der Waals surface area contributed by atoms with E-state index in [1.54, 1.807) is 48.5 Å². The Morgan fingerprint density at radius 1 is 0.919 bits per heavy atom. The number of amides is 3. The van der Waals surface area contributed by atoms with E-state index in [1.165, 1.54) is 29.7 Å². The molecule has 0 aliphatic carbocycles. The molecule has 1 atom stereocenters. The number of sulfonamides is 1. The van der Waals surface area contributed by atoms with Crippen LogP contribution < -0.4 is 14.9 Å². The first-order valence-electron chi connectivity index (χ1n) is 11.1. The Balaban J connectivity index is 1.39. The molecular formula is C25H22ClN3O7S. The molecule has 0 saturated heterocycles. The second-order valence-corrected chi connectivity index (χ2v) is 10.3. The van der Waals surface area contributed by atoms with E-state index in [2.05, 4.69) is 4.72 Å². The quantitative estimate of drug-likeness (QED) is 0.202. The van der Waals surface area contributed by atoms with Crippen molar-refractivity contribution in [3.63, 3.8) is 0 Å². The maximum Gasteiger partial charge on any atom is 0.261 e. The summed E-state index contributed by atoms with van der Waals surface area (Å²) >= 11 is 5.85. The van der Waals surface area contributed by atoms with Crippen molar-refractivity contribution in [1.82, 2.24) is 15.1 Å². The van der Waals surface area contributed by atoms with Crippen LogP contribution in [0.3, 0.4) is 0 Å². The molecule has 3 aromatic carbocycles. The maximum absolute atomic E-state index is 12.9. The molecule has 1 unspecified atom stereocenters. The molecule has 4 rings (SSSR count). The molecule has 37 heavy (non-hydrogen) atoms. The van der Waals surface area contributed by atoms with Gasteiger partial charge in [0.15, 0.2) is 0 Å². The maximum atomic E-state index is 12.9. The van der Waals surface area contributed by atoms with Crippen molar-refractivity contribution in [1.29, 1.82) is 0 Å². The summed E-state index contributed by atoms with van der Waals surface area (Å²) in [6.07, 6.45) is 0.0245. The smallest absolute Gasteiger partial charge is 0.261 e. The van der Waals surface area contributed by atoms with Gasteiger partial charge in [-0.05, 0) is 73.5 Å². The molecule has 0 saturated carbocycles. The lowest BCUT2D eigenvalue weighted by Crippen LogP contribution is -2.46. The second-order valence-electron chi connectivity index (χ2n) is 8.13. The van der Waals surface area contributed by atoms with E-state index in [4.69, 9.17) is 21.5 Å². The highest BCUT2D eigenvalue weighted by atomic mass is 35.5. The van der Waals surface area contributed by atoms with Crippen molar-refractivity contribution in [2.75, 3.05) is 6.54 Å². The van der Waals surface area contributed by atoms with Gasteiger partial charge in [0.25, 0.3) is 17.7 Å². The number of hydroxylamine groups is 1. The molecule has 0 fully saturated rings. The van der Waals surface area contributed by atoms with Crippen LogP contribution >= 0.6 is 11.6 Å². The van der Waals surface area contributed by atoms with Gasteiger partial charge in [-0.3, -0.25) is 24.5 Å². The molecule has 0 spiro atoms. The van der Waals surface area contributed by atoms with E-state index in [-0.39, 0.29) is 24.3 Å². The van der Waals surface area contributed by atoms with Crippen LogP contribution in [0, 0.1) is 0 Å². The standard InChI is InChI=1S/C25H22ClN3O7S/c26-16-7-9-17(10-8-16)36-18-11-13-19(14-12-18)37(34,35)28-22(23(30)27-33)6-3-15-29-24(31)20-4-1-2-5-21(20)25(29)32/h1-2,4-5,7-14,22,28,33H,3,6,15H2,(H,27,30). The van der Waals surface area contributed by atoms with Crippen LogP contribution in [0.1, 0.15) is 33.6 Å². The van der Waals surface area contributed by atoms with Gasteiger partial charge in [-0.2, -0.15) is 4.72 Å². The number of benzene rings is 3. The molecule has 10 nitrogen and oxygen atoms in total. The fraction of sp³-hybridized carbons (Fsp3) is 0.160. The summed E-state index contributed by atoms with van der Waals surface area (Å²) in [5.41, 5.74) is 2.03. The van der Waals surface area contributed by atoms with Gasteiger partial charge in [-0.1, -0.05) is 23.7 Å². The van der Waals surface area contributed by atoms with Crippen molar-refractivity contribution in [3.05, 3.63) is 88.9 Å². The first-order chi connectivity index (χ1) is 17.7. The Hall–Kier alpha value is -3.77. The molecule has 3 aromatic rings. The molecule has 1 aliphatic rings. The number of rotatable bonds is 10. The van der Waals surface area contributed by atoms with E-state index in [9.17, 15) is 22.8 Å². The lowest BCUT2D eigenvalue weighted by Gasteiger charge is -2.19. The molecule has 0 aromatic heterocycles. The van der Waals surface area contributed by atoms with Crippen LogP contribution in [0.5, 0.6) is 11.5 Å². The minimum Gasteiger partial charge on any atom is -0.457 e. The third-order valence-electron chi connectivity index (χ3n) is 5.66. The van der Waals surface area contributed by atoms with E-state index in [0.29, 0.717) is 27.6 Å². The van der Waals surface area contributed by atoms with Gasteiger partial charge in [-0.15, -0.1) is 0 Å². The molecule has 0 radical (unpaired) electrons. The normalized spacial score (nSPS) is 13.8. The Labute approximate surface area is 217 Å². The van der Waals surface area contributed by atoms with Crippen molar-refractivity contribution in [3.8, 4) is 11.5 Å². The SMILES string of the molecule is O=C(NO)C(CCCN1C(=O)c2ccccc2C1=O)NS(=O)(=O)c1ccc(Oc2ccc(Cl)cc2)cc1. The zero-order chi connectivity index (χ0) is 26.6. The number of halogens is 1. The zero-order valence-corrected chi connectivity index (χ0v) is 20.8. The highest BCUT2D eigenvalue weighted by Crippen LogP contribution is 2.25. The molecule has 0 bridgehead atoms. The molecule has 3 N–H and O–H groups in total. The van der Waals surface area contributed by atoms with Crippen LogP contribution in [-0.4, -0.2) is 48.8 Å². The zero-order valence-electron chi connectivity index (χ0n) is 19.3. The fourth-order valence-electron chi connectivity index (χ4n) is 3.80. The van der Waals surface area contributed by atoms with Crippen LogP contribution in [0.2, 0.25) is 5.02 Å². The minimum absolute atomic E-state index is 0.0278. The van der Waals surface area contributed by atoms with E-state index in [1.807, 2.05) is 0 Å². The minimum atomic E-state index is -4.17. The number of carbonyl (C=O) groups excluding carboxylic acids is 3. The van der Waals surface area contributed by atoms with Crippen LogP contribution in [0.4, 0.5) is 0 Å². The topological polar surface area (TPSA) is 142 Å². The molecule has 3 amide bonds. The van der Waals surface area contributed by atoms with E-state index < -0.39 is 33.8 Å². The predicted octanol–water partition coefficient (Wildman–Crippen LogP) is 3.36. The monoisotopic (exact) mass is 543 g/mol. The van der Waals surface area contributed by atoms with Crippen LogP contribution in [-0.2, 0) is 14.8 Å². The van der Waals surface area contributed by atoms with Crippen molar-refractivity contribution in [2.24, 2.45) is 0 Å². The first-order valence-corrected chi connectivity index (χ1v) is 13.0. The van der Waals surface area contributed by atoms with Crippen LogP contribution in [0.15, 0.2) is 77.7 Å². The largest absolute Gasteiger partial charge is 0.457 e. The van der Waals surface area contributed by atoms with Gasteiger partial charge >= 0.3 is 0 Å². The number of hydrogen-bond donors (Lipinski definition) is 3. The Morgan fingerprint density at radius 2 is 1.46 bits per heavy atom. The number of ether oxygens (including phenoxy) is 1. The van der Waals surface area contributed by atoms with Gasteiger partial charge in [0.2, 0.25) is 10.0 Å². The van der Waals surface area contributed by atoms with Gasteiger partial charge in [0.1, 0.15) is 17.5 Å². The van der Waals surface area contributed by atoms with E-state index >= 15 is 0 Å². The Bertz CT molecular complexity index is 1390. The summed E-state index contributed by atoms with van der Waals surface area (Å²) in [4.78, 5) is 38.1. The summed E-state index contributed by atoms with van der Waals surface area (Å²) in [7, 11) is -4.17. The Morgan fingerprint density at radius 3 is 2.00 bits per heavy atom. The average molecular weight is 544 g/mol. The van der Waals surface area contributed by atoms with Crippen molar-refractivity contribution in [2.45, 2.75) is 23.8 Å². The van der Waals surface area contributed by atoms with Crippen molar-refractivity contribution < 1.29 is 32.7 Å². The molecule has 12 heteroatoms. The summed E-state index contributed by atoms with van der Waals surface area (Å²) in [5, 5.41) is 9.65. The average Bonchev–Trinajstić information content (AvgIpc) is 3.14. The highest BCUT2D eigenvalue weighted by molar-refractivity contribution is 7.89. The van der Waals surface area contributed by atoms with E-state index in [0.717, 1.165) is 4.90 Å². The summed E-state index contributed by atoms with van der Waals surface area (Å²) < 4.78 is 33.7. The van der Waals surface area contributed by atoms with Crippen molar-refractivity contribution >= 4 is 39.3 Å². The molecule has 1 aliphatic heterocycles. The number of fused-ring (bicyclic) bond motifs is 1. The Kier molecular flexibility index (Phi) is 7.89. The highest BCUT2D eigenvalue weighted by Gasteiger charge is 2.35. The third kappa shape index (κ3) is 5.97. The second kappa shape index (κ2) is 11.1.